The van der Waals surface area contributed by atoms with Crippen molar-refractivity contribution in [3.8, 4) is 0 Å². The Labute approximate surface area is 103 Å². The van der Waals surface area contributed by atoms with Gasteiger partial charge in [0, 0.05) is 12.1 Å². The molecule has 0 fully saturated rings. The average molecular weight is 238 g/mol. The summed E-state index contributed by atoms with van der Waals surface area (Å²) in [6, 6.07) is 0.518. The Bertz CT molecular complexity index is 337. The summed E-state index contributed by atoms with van der Waals surface area (Å²) in [6.07, 6.45) is 3.58. The van der Waals surface area contributed by atoms with Gasteiger partial charge in [0.1, 0.15) is 5.60 Å². The van der Waals surface area contributed by atoms with E-state index in [4.69, 9.17) is 10.5 Å². The molecule has 0 saturated heterocycles. The van der Waals surface area contributed by atoms with Gasteiger partial charge in [0.05, 0.1) is 0 Å². The summed E-state index contributed by atoms with van der Waals surface area (Å²) in [4.78, 5) is 11.6. The second-order valence-electron chi connectivity index (χ2n) is 6.13. The molecule has 0 spiro atoms. The van der Waals surface area contributed by atoms with Gasteiger partial charge in [-0.15, -0.1) is 0 Å². The Morgan fingerprint density at radius 2 is 1.76 bits per heavy atom. The lowest BCUT2D eigenvalue weighted by Crippen LogP contribution is -2.38. The van der Waals surface area contributed by atoms with Gasteiger partial charge in [-0.2, -0.15) is 0 Å². The lowest BCUT2D eigenvalue weighted by molar-refractivity contribution is 0.0506. The van der Waals surface area contributed by atoms with Gasteiger partial charge >= 0.3 is 6.09 Å². The number of hydrogen-bond acceptors (Lipinski definition) is 3. The molecule has 0 aliphatic heterocycles. The second-order valence-corrected chi connectivity index (χ2v) is 6.13. The van der Waals surface area contributed by atoms with E-state index >= 15 is 0 Å². The first-order valence-corrected chi connectivity index (χ1v) is 6.28. The first-order valence-electron chi connectivity index (χ1n) is 6.28. The molecule has 0 aromatic carbocycles. The van der Waals surface area contributed by atoms with E-state index < -0.39 is 5.60 Å². The third-order valence-electron chi connectivity index (χ3n) is 3.22. The number of rotatable bonds is 1. The summed E-state index contributed by atoms with van der Waals surface area (Å²) in [7, 11) is 0. The zero-order valence-corrected chi connectivity index (χ0v) is 10.9. The molecule has 2 rings (SSSR count). The molecule has 2 aliphatic carbocycles. The Morgan fingerprint density at radius 3 is 2.24 bits per heavy atom. The highest BCUT2D eigenvalue weighted by Gasteiger charge is 2.32. The topological polar surface area (TPSA) is 64.3 Å². The molecule has 0 aromatic rings. The molecule has 3 N–H and O–H groups in total. The van der Waals surface area contributed by atoms with Crippen LogP contribution in [0.15, 0.2) is 11.1 Å². The van der Waals surface area contributed by atoms with Crippen molar-refractivity contribution in [2.24, 2.45) is 5.73 Å². The van der Waals surface area contributed by atoms with Crippen molar-refractivity contribution in [1.29, 1.82) is 0 Å². The van der Waals surface area contributed by atoms with Gasteiger partial charge in [0.25, 0.3) is 0 Å². The van der Waals surface area contributed by atoms with Crippen molar-refractivity contribution in [3.05, 3.63) is 11.1 Å². The van der Waals surface area contributed by atoms with Gasteiger partial charge in [-0.05, 0) is 46.5 Å². The maximum absolute atomic E-state index is 11.6. The summed E-state index contributed by atoms with van der Waals surface area (Å²) >= 11 is 0. The quantitative estimate of drug-likeness (QED) is 0.687. The number of hydrogen-bond donors (Lipinski definition) is 2. The normalized spacial score (nSPS) is 21.9. The van der Waals surface area contributed by atoms with E-state index in [1.165, 1.54) is 11.1 Å². The molecule has 0 heterocycles. The SMILES string of the molecule is CC(C)(C)OC(=O)NC1CC2=C(CC(N)C2)C1. The minimum absolute atomic E-state index is 0.211. The van der Waals surface area contributed by atoms with Gasteiger partial charge in [-0.25, -0.2) is 4.79 Å². The predicted octanol–water partition coefficient (Wildman–Crippen LogP) is 2.09. The largest absolute Gasteiger partial charge is 0.444 e. The van der Waals surface area contributed by atoms with Crippen LogP contribution in [0.1, 0.15) is 46.5 Å². The highest BCUT2D eigenvalue weighted by atomic mass is 16.6. The van der Waals surface area contributed by atoms with Crippen LogP contribution in [-0.4, -0.2) is 23.8 Å². The van der Waals surface area contributed by atoms with Crippen molar-refractivity contribution in [3.63, 3.8) is 0 Å². The maximum atomic E-state index is 11.6. The summed E-state index contributed by atoms with van der Waals surface area (Å²) in [5.41, 5.74) is 8.39. The molecule has 17 heavy (non-hydrogen) atoms. The van der Waals surface area contributed by atoms with Crippen molar-refractivity contribution < 1.29 is 9.53 Å². The van der Waals surface area contributed by atoms with Crippen LogP contribution in [0.4, 0.5) is 4.79 Å². The van der Waals surface area contributed by atoms with Crippen LogP contribution in [0.25, 0.3) is 0 Å². The summed E-state index contributed by atoms with van der Waals surface area (Å²) in [5.74, 6) is 0. The fourth-order valence-corrected chi connectivity index (χ4v) is 2.69. The number of carbonyl (C=O) groups excluding carboxylic acids is 1. The van der Waals surface area contributed by atoms with Gasteiger partial charge in [0.15, 0.2) is 0 Å². The fraction of sp³-hybridized carbons (Fsp3) is 0.769. The van der Waals surface area contributed by atoms with Crippen LogP contribution >= 0.6 is 0 Å². The molecule has 0 unspecified atom stereocenters. The van der Waals surface area contributed by atoms with E-state index in [1.54, 1.807) is 0 Å². The maximum Gasteiger partial charge on any atom is 0.407 e. The molecule has 0 atom stereocenters. The van der Waals surface area contributed by atoms with Crippen LogP contribution in [0.2, 0.25) is 0 Å². The molecule has 0 radical (unpaired) electrons. The first-order chi connectivity index (χ1) is 7.83. The smallest absolute Gasteiger partial charge is 0.407 e. The van der Waals surface area contributed by atoms with Crippen molar-refractivity contribution in [2.75, 3.05) is 0 Å². The lowest BCUT2D eigenvalue weighted by atomic mass is 10.1. The van der Waals surface area contributed by atoms with Crippen LogP contribution in [-0.2, 0) is 4.74 Å². The number of nitrogens with one attached hydrogen (secondary N) is 1. The summed E-state index contributed by atoms with van der Waals surface area (Å²) in [6.45, 7) is 5.62. The van der Waals surface area contributed by atoms with Gasteiger partial charge in [-0.3, -0.25) is 0 Å². The van der Waals surface area contributed by atoms with E-state index in [-0.39, 0.29) is 12.1 Å². The molecule has 4 heteroatoms. The van der Waals surface area contributed by atoms with Crippen LogP contribution in [0.3, 0.4) is 0 Å². The molecule has 0 bridgehead atoms. The minimum atomic E-state index is -0.429. The molecular weight excluding hydrogens is 216 g/mol. The van der Waals surface area contributed by atoms with Crippen LogP contribution < -0.4 is 11.1 Å². The van der Waals surface area contributed by atoms with Crippen LogP contribution in [0, 0.1) is 0 Å². The van der Waals surface area contributed by atoms with Crippen molar-refractivity contribution in [2.45, 2.75) is 64.1 Å². The molecule has 4 nitrogen and oxygen atoms in total. The standard InChI is InChI=1S/C13H22N2O2/c1-13(2,3)17-12(16)15-11-6-8-4-10(14)5-9(8)7-11/h10-11H,4-7,14H2,1-3H3,(H,15,16). The zero-order valence-electron chi connectivity index (χ0n) is 10.9. The van der Waals surface area contributed by atoms with Crippen molar-refractivity contribution in [1.82, 2.24) is 5.32 Å². The zero-order chi connectivity index (χ0) is 12.6. The van der Waals surface area contributed by atoms with Gasteiger partial charge in [0.2, 0.25) is 0 Å². The van der Waals surface area contributed by atoms with E-state index in [0.29, 0.717) is 6.04 Å². The summed E-state index contributed by atoms with van der Waals surface area (Å²) < 4.78 is 5.25. The third-order valence-corrected chi connectivity index (χ3v) is 3.22. The van der Waals surface area contributed by atoms with E-state index in [1.807, 2.05) is 20.8 Å². The number of carbonyl (C=O) groups is 1. The third kappa shape index (κ3) is 3.22. The van der Waals surface area contributed by atoms with Crippen molar-refractivity contribution >= 4 is 6.09 Å². The molecule has 96 valence electrons. The van der Waals surface area contributed by atoms with Crippen LogP contribution in [0.5, 0.6) is 0 Å². The number of amides is 1. The number of ether oxygens (including phenoxy) is 1. The Balaban J connectivity index is 1.79. The predicted molar refractivity (Wildman–Crippen MR) is 66.6 cm³/mol. The fourth-order valence-electron chi connectivity index (χ4n) is 2.69. The Kier molecular flexibility index (Phi) is 3.17. The van der Waals surface area contributed by atoms with Gasteiger partial charge < -0.3 is 15.8 Å². The molecule has 2 aliphatic rings. The molecule has 0 saturated carbocycles. The van der Waals surface area contributed by atoms with Gasteiger partial charge in [-0.1, -0.05) is 11.1 Å². The highest BCUT2D eigenvalue weighted by molar-refractivity contribution is 5.68. The number of alkyl carbamates (subject to hydrolysis) is 1. The molecular formula is C13H22N2O2. The summed E-state index contributed by atoms with van der Waals surface area (Å²) in [5, 5.41) is 2.94. The highest BCUT2D eigenvalue weighted by Crippen LogP contribution is 2.38. The Hall–Kier alpha value is -1.03. The monoisotopic (exact) mass is 238 g/mol. The lowest BCUT2D eigenvalue weighted by Gasteiger charge is -2.22. The van der Waals surface area contributed by atoms with E-state index in [2.05, 4.69) is 5.32 Å². The first kappa shape index (κ1) is 12.4. The number of nitrogens with two attached hydrogens (primary N) is 1. The average Bonchev–Trinajstić information content (AvgIpc) is 2.56. The molecule has 1 amide bonds. The van der Waals surface area contributed by atoms with E-state index in [9.17, 15) is 4.79 Å². The molecule has 0 aromatic heterocycles. The Morgan fingerprint density at radius 1 is 1.24 bits per heavy atom. The van der Waals surface area contributed by atoms with E-state index in [0.717, 1.165) is 25.7 Å². The second kappa shape index (κ2) is 4.33. The minimum Gasteiger partial charge on any atom is -0.444 e.